The molecule has 0 saturated heterocycles. The summed E-state index contributed by atoms with van der Waals surface area (Å²) in [4.78, 5) is 22.1. The molecule has 0 fully saturated rings. The molecular weight excluding hydrogens is 338 g/mol. The van der Waals surface area contributed by atoms with Crippen molar-refractivity contribution in [1.82, 2.24) is 15.3 Å². The molecule has 0 radical (unpaired) electrons. The minimum absolute atomic E-state index is 0.116. The molecule has 7 nitrogen and oxygen atoms in total. The van der Waals surface area contributed by atoms with Gasteiger partial charge in [-0.15, -0.1) is 12.6 Å². The topological polar surface area (TPSA) is 79.2 Å². The molecule has 8 heteroatoms. The van der Waals surface area contributed by atoms with Crippen LogP contribution in [-0.2, 0) is 4.79 Å². The Kier molecular flexibility index (Phi) is 5.27. The summed E-state index contributed by atoms with van der Waals surface area (Å²) in [6.07, 6.45) is 4.30. The van der Waals surface area contributed by atoms with E-state index in [0.717, 1.165) is 25.1 Å². The van der Waals surface area contributed by atoms with E-state index in [1.807, 2.05) is 13.8 Å². The number of pyridine rings is 1. The number of unbranched alkanes of at least 4 members (excludes halogenated alkanes) is 1. The monoisotopic (exact) mass is 361 g/mol. The zero-order valence-corrected chi connectivity index (χ0v) is 15.6. The molecule has 25 heavy (non-hydrogen) atoms. The van der Waals surface area contributed by atoms with Gasteiger partial charge in [-0.2, -0.15) is 5.10 Å². The van der Waals surface area contributed by atoms with Crippen LogP contribution in [0.5, 0.6) is 5.88 Å². The first kappa shape index (κ1) is 17.7. The molecule has 2 atom stereocenters. The molecule has 2 unspecified atom stereocenters. The van der Waals surface area contributed by atoms with E-state index in [0.29, 0.717) is 28.8 Å². The number of rotatable bonds is 6. The molecule has 1 amide bonds. The van der Waals surface area contributed by atoms with Gasteiger partial charge < -0.3 is 10.1 Å². The lowest BCUT2D eigenvalue weighted by Gasteiger charge is -2.29. The lowest BCUT2D eigenvalue weighted by Crippen LogP contribution is -2.54. The highest BCUT2D eigenvalue weighted by Crippen LogP contribution is 2.26. The second kappa shape index (κ2) is 7.43. The summed E-state index contributed by atoms with van der Waals surface area (Å²) in [5, 5.41) is 9.23. The molecule has 1 aromatic rings. The highest BCUT2D eigenvalue weighted by Gasteiger charge is 2.42. The SMILES string of the molecule is CCCCOc1ncc(S)cc1C1=NN2C(CC)=NC(C)C2C(=O)N1. The second-order valence-corrected chi connectivity index (χ2v) is 6.63. The number of hydrogen-bond acceptors (Lipinski definition) is 7. The number of aromatic nitrogens is 1. The predicted octanol–water partition coefficient (Wildman–Crippen LogP) is 2.22. The zero-order valence-electron chi connectivity index (χ0n) is 14.7. The summed E-state index contributed by atoms with van der Waals surface area (Å²) in [5.41, 5.74) is 0.630. The van der Waals surface area contributed by atoms with Gasteiger partial charge in [-0.25, -0.2) is 9.99 Å². The number of ether oxygens (including phenoxy) is 1. The van der Waals surface area contributed by atoms with E-state index >= 15 is 0 Å². The van der Waals surface area contributed by atoms with Crippen LogP contribution in [0.4, 0.5) is 0 Å². The lowest BCUT2D eigenvalue weighted by atomic mass is 10.1. The van der Waals surface area contributed by atoms with Crippen molar-refractivity contribution in [2.45, 2.75) is 57.0 Å². The average molecular weight is 361 g/mol. The number of amidine groups is 2. The number of nitrogens with zero attached hydrogens (tertiary/aromatic N) is 4. The molecular formula is C17H23N5O2S. The van der Waals surface area contributed by atoms with E-state index < -0.39 is 6.04 Å². The van der Waals surface area contributed by atoms with E-state index in [1.165, 1.54) is 0 Å². The third kappa shape index (κ3) is 3.49. The van der Waals surface area contributed by atoms with E-state index in [1.54, 1.807) is 17.3 Å². The molecule has 2 aliphatic heterocycles. The number of fused-ring (bicyclic) bond motifs is 1. The Hall–Kier alpha value is -2.09. The standard InChI is InChI=1S/C17H23N5O2S/c1-4-6-7-24-17-12(8-11(25)9-18-17)15-20-16(23)14-10(3)19-13(5-2)22(14)21-15/h8-10,14,25H,4-7H2,1-3H3,(H,20,21,23). The first-order valence-electron chi connectivity index (χ1n) is 8.62. The summed E-state index contributed by atoms with van der Waals surface area (Å²) < 4.78 is 5.78. The van der Waals surface area contributed by atoms with Gasteiger partial charge in [0.15, 0.2) is 11.9 Å². The van der Waals surface area contributed by atoms with Crippen molar-refractivity contribution in [3.63, 3.8) is 0 Å². The van der Waals surface area contributed by atoms with Gasteiger partial charge in [-0.3, -0.25) is 9.79 Å². The Balaban J connectivity index is 1.96. The van der Waals surface area contributed by atoms with Crippen LogP contribution in [0.2, 0.25) is 0 Å². The Morgan fingerprint density at radius 2 is 2.20 bits per heavy atom. The maximum atomic E-state index is 12.6. The van der Waals surface area contributed by atoms with Gasteiger partial charge in [0.1, 0.15) is 5.84 Å². The first-order chi connectivity index (χ1) is 12.0. The zero-order chi connectivity index (χ0) is 18.0. The largest absolute Gasteiger partial charge is 0.477 e. The highest BCUT2D eigenvalue weighted by atomic mass is 32.1. The van der Waals surface area contributed by atoms with Crippen LogP contribution in [0.3, 0.4) is 0 Å². The minimum Gasteiger partial charge on any atom is -0.477 e. The molecule has 3 rings (SSSR count). The highest BCUT2D eigenvalue weighted by molar-refractivity contribution is 7.80. The van der Waals surface area contributed by atoms with Gasteiger partial charge in [0, 0.05) is 17.5 Å². The smallest absolute Gasteiger partial charge is 0.252 e. The molecule has 1 N–H and O–H groups in total. The lowest BCUT2D eigenvalue weighted by molar-refractivity contribution is -0.124. The number of carbonyl (C=O) groups is 1. The van der Waals surface area contributed by atoms with Crippen molar-refractivity contribution in [1.29, 1.82) is 0 Å². The molecule has 0 aromatic carbocycles. The van der Waals surface area contributed by atoms with Crippen LogP contribution < -0.4 is 10.1 Å². The minimum atomic E-state index is -0.393. The van der Waals surface area contributed by atoms with E-state index in [9.17, 15) is 4.79 Å². The summed E-state index contributed by atoms with van der Waals surface area (Å²) in [6.45, 7) is 6.59. The van der Waals surface area contributed by atoms with Crippen LogP contribution in [0.1, 0.15) is 45.6 Å². The Bertz CT molecular complexity index is 734. The number of amides is 1. The fraction of sp³-hybridized carbons (Fsp3) is 0.529. The van der Waals surface area contributed by atoms with Gasteiger partial charge in [-0.05, 0) is 19.4 Å². The van der Waals surface area contributed by atoms with E-state index in [2.05, 4.69) is 39.9 Å². The van der Waals surface area contributed by atoms with Crippen LogP contribution >= 0.6 is 12.6 Å². The van der Waals surface area contributed by atoms with Crippen LogP contribution in [0.25, 0.3) is 0 Å². The normalized spacial score (nSPS) is 22.2. The number of hydrogen-bond donors (Lipinski definition) is 2. The van der Waals surface area contributed by atoms with Gasteiger partial charge in [-0.1, -0.05) is 20.3 Å². The van der Waals surface area contributed by atoms with Crippen molar-refractivity contribution >= 4 is 30.2 Å². The van der Waals surface area contributed by atoms with Crippen molar-refractivity contribution in [3.8, 4) is 5.88 Å². The molecule has 3 heterocycles. The van der Waals surface area contributed by atoms with Gasteiger partial charge in [0.25, 0.3) is 5.91 Å². The Morgan fingerprint density at radius 3 is 2.92 bits per heavy atom. The number of nitrogens with one attached hydrogen (secondary N) is 1. The van der Waals surface area contributed by atoms with Crippen molar-refractivity contribution in [2.75, 3.05) is 6.61 Å². The molecule has 0 saturated carbocycles. The maximum absolute atomic E-state index is 12.6. The second-order valence-electron chi connectivity index (χ2n) is 6.11. The molecule has 0 spiro atoms. The number of thiol groups is 1. The van der Waals surface area contributed by atoms with Gasteiger partial charge >= 0.3 is 0 Å². The maximum Gasteiger partial charge on any atom is 0.252 e. The fourth-order valence-corrected chi connectivity index (χ4v) is 3.10. The quantitative estimate of drug-likeness (QED) is 0.601. The Labute approximate surface area is 153 Å². The molecule has 0 aliphatic carbocycles. The first-order valence-corrected chi connectivity index (χ1v) is 9.07. The third-order valence-corrected chi connectivity index (χ3v) is 4.44. The van der Waals surface area contributed by atoms with Gasteiger partial charge in [0.05, 0.1) is 18.2 Å². The average Bonchev–Trinajstić information content (AvgIpc) is 2.92. The van der Waals surface area contributed by atoms with E-state index in [4.69, 9.17) is 4.74 Å². The number of carbonyl (C=O) groups excluding carboxylic acids is 1. The van der Waals surface area contributed by atoms with Gasteiger partial charge in [0.2, 0.25) is 5.88 Å². The fourth-order valence-electron chi connectivity index (χ4n) is 2.92. The number of hydrazone groups is 1. The van der Waals surface area contributed by atoms with Crippen LogP contribution in [0.15, 0.2) is 27.3 Å². The summed E-state index contributed by atoms with van der Waals surface area (Å²) >= 11 is 4.36. The van der Waals surface area contributed by atoms with Crippen molar-refractivity contribution in [3.05, 3.63) is 17.8 Å². The number of aliphatic imine (C=N–C) groups is 1. The molecule has 1 aromatic heterocycles. The summed E-state index contributed by atoms with van der Waals surface area (Å²) in [5.74, 6) is 1.57. The Morgan fingerprint density at radius 1 is 1.40 bits per heavy atom. The van der Waals surface area contributed by atoms with Crippen molar-refractivity contribution in [2.24, 2.45) is 10.1 Å². The van der Waals surface area contributed by atoms with E-state index in [-0.39, 0.29) is 11.9 Å². The van der Waals surface area contributed by atoms with Crippen LogP contribution in [-0.4, -0.2) is 46.3 Å². The summed E-state index contributed by atoms with van der Waals surface area (Å²) in [6, 6.07) is 1.30. The third-order valence-electron chi connectivity index (χ3n) is 4.20. The molecule has 0 bridgehead atoms. The van der Waals surface area contributed by atoms with Crippen molar-refractivity contribution < 1.29 is 9.53 Å². The van der Waals surface area contributed by atoms with Crippen LogP contribution in [0, 0.1) is 0 Å². The predicted molar refractivity (Wildman–Crippen MR) is 99.4 cm³/mol. The summed E-state index contributed by atoms with van der Waals surface area (Å²) in [7, 11) is 0. The molecule has 134 valence electrons. The molecule has 2 aliphatic rings.